The number of nitrogens with zero attached hydrogens (tertiary/aromatic N) is 2. The second kappa shape index (κ2) is 20.6. The number of hydrogen-bond donors (Lipinski definition) is 6. The number of ether oxygens (including phenoxy) is 3. The van der Waals surface area contributed by atoms with Crippen molar-refractivity contribution in [1.82, 2.24) is 9.88 Å². The Morgan fingerprint density at radius 3 is 2.18 bits per heavy atom. The fourth-order valence-electron chi connectivity index (χ4n) is 6.12. The van der Waals surface area contributed by atoms with E-state index in [1.165, 1.54) is 6.20 Å². The normalized spacial score (nSPS) is 13.6. The van der Waals surface area contributed by atoms with Gasteiger partial charge in [0, 0.05) is 55.8 Å². The number of carbonyl (C=O) groups is 3. The third-order valence-corrected chi connectivity index (χ3v) is 9.79. The maximum absolute atomic E-state index is 11.5. The van der Waals surface area contributed by atoms with E-state index in [2.05, 4.69) is 28.9 Å². The minimum Gasteiger partial charge on any atom is -0.493 e. The standard InChI is InChI=1S/C38H43ClN4O7.C3H6O3/c1-24-27(23-50-35-18-34(28(19-40)17-32(35)39)49-22-26-16-29(36(41)44)21-42-20-26)6-3-7-30(24)31-8-4-9-33(25(31)2)48-15-5-12-43-13-10-38(47,11-14-43)37(45)46;4-2-1-3(5)6/h3-4,6-9,16-18,20-21,47H,5,10-15,19,22-23,40H2,1-2H3,(H2,41,44)(H,45,46);4H,1-2H2,(H,5,6). The van der Waals surface area contributed by atoms with Crippen LogP contribution in [0.1, 0.15) is 63.9 Å². The molecule has 0 unspecified atom stereocenters. The zero-order chi connectivity index (χ0) is 40.8. The second-order valence-corrected chi connectivity index (χ2v) is 13.8. The summed E-state index contributed by atoms with van der Waals surface area (Å²) in [6.07, 6.45) is 4.09. The van der Waals surface area contributed by atoms with Gasteiger partial charge in [-0.15, -0.1) is 0 Å². The zero-order valence-electron chi connectivity index (χ0n) is 31.5. The molecule has 1 fully saturated rings. The molecular formula is C41H49ClN4O10. The third-order valence-electron chi connectivity index (χ3n) is 9.50. The second-order valence-electron chi connectivity index (χ2n) is 13.4. The number of halogens is 1. The third kappa shape index (κ3) is 11.9. The number of aliphatic hydroxyl groups is 2. The number of aromatic nitrogens is 1. The first-order valence-corrected chi connectivity index (χ1v) is 18.5. The summed E-state index contributed by atoms with van der Waals surface area (Å²) < 4.78 is 18.5. The first-order chi connectivity index (χ1) is 26.8. The van der Waals surface area contributed by atoms with Gasteiger partial charge in [-0.25, -0.2) is 4.79 Å². The van der Waals surface area contributed by atoms with Crippen molar-refractivity contribution in [3.05, 3.63) is 105 Å². The van der Waals surface area contributed by atoms with Crippen LogP contribution in [0.5, 0.6) is 17.2 Å². The van der Waals surface area contributed by atoms with Gasteiger partial charge >= 0.3 is 11.9 Å². The molecule has 14 nitrogen and oxygen atoms in total. The number of primary amides is 1. The molecule has 3 aromatic carbocycles. The van der Waals surface area contributed by atoms with Crippen molar-refractivity contribution in [2.45, 2.75) is 64.9 Å². The molecule has 2 heterocycles. The van der Waals surface area contributed by atoms with Crippen molar-refractivity contribution < 1.29 is 49.0 Å². The number of amides is 1. The first kappa shape index (κ1) is 43.5. The average Bonchev–Trinajstić information content (AvgIpc) is 3.17. The van der Waals surface area contributed by atoms with Gasteiger partial charge in [0.2, 0.25) is 5.91 Å². The van der Waals surface area contributed by atoms with Gasteiger partial charge in [0.25, 0.3) is 0 Å². The molecule has 1 aromatic heterocycles. The van der Waals surface area contributed by atoms with Gasteiger partial charge in [-0.2, -0.15) is 0 Å². The Kier molecular flexibility index (Phi) is 16.0. The minimum absolute atomic E-state index is 0.143. The first-order valence-electron chi connectivity index (χ1n) is 18.1. The summed E-state index contributed by atoms with van der Waals surface area (Å²) in [5.74, 6) is -0.914. The van der Waals surface area contributed by atoms with Crippen LogP contribution in [0.4, 0.5) is 0 Å². The summed E-state index contributed by atoms with van der Waals surface area (Å²) in [6.45, 7) is 6.83. The predicted octanol–water partition coefficient (Wildman–Crippen LogP) is 4.87. The molecule has 1 amide bonds. The average molecular weight is 793 g/mol. The van der Waals surface area contributed by atoms with Crippen LogP contribution in [-0.4, -0.2) is 86.6 Å². The van der Waals surface area contributed by atoms with Gasteiger partial charge in [-0.3, -0.25) is 14.6 Å². The Bertz CT molecular complexity index is 1980. The molecule has 1 saturated heterocycles. The largest absolute Gasteiger partial charge is 0.493 e. The summed E-state index contributed by atoms with van der Waals surface area (Å²) in [7, 11) is 0. The topological polar surface area (TPSA) is 228 Å². The molecule has 0 saturated carbocycles. The molecule has 4 aromatic rings. The summed E-state index contributed by atoms with van der Waals surface area (Å²) in [5.41, 5.74) is 16.6. The molecule has 15 heteroatoms. The number of likely N-dealkylation sites (tertiary alicyclic amines) is 1. The number of piperidine rings is 1. The van der Waals surface area contributed by atoms with Crippen molar-refractivity contribution in [3.8, 4) is 28.4 Å². The highest BCUT2D eigenvalue weighted by Gasteiger charge is 2.39. The Morgan fingerprint density at radius 1 is 0.875 bits per heavy atom. The van der Waals surface area contributed by atoms with Gasteiger partial charge in [0.05, 0.1) is 30.2 Å². The van der Waals surface area contributed by atoms with Gasteiger partial charge in [-0.05, 0) is 79.1 Å². The van der Waals surface area contributed by atoms with E-state index in [0.29, 0.717) is 52.9 Å². The van der Waals surface area contributed by atoms with Crippen molar-refractivity contribution in [2.24, 2.45) is 11.5 Å². The summed E-state index contributed by atoms with van der Waals surface area (Å²) in [5, 5.41) is 35.4. The van der Waals surface area contributed by atoms with Gasteiger partial charge in [0.1, 0.15) is 30.5 Å². The molecule has 56 heavy (non-hydrogen) atoms. The molecule has 300 valence electrons. The van der Waals surface area contributed by atoms with E-state index in [0.717, 1.165) is 46.5 Å². The lowest BCUT2D eigenvalue weighted by atomic mass is 9.91. The molecule has 0 aliphatic carbocycles. The number of pyridine rings is 1. The lowest BCUT2D eigenvalue weighted by Crippen LogP contribution is -2.49. The molecule has 0 bridgehead atoms. The molecule has 5 rings (SSSR count). The zero-order valence-corrected chi connectivity index (χ0v) is 32.3. The number of hydrogen-bond acceptors (Lipinski definition) is 11. The Balaban J connectivity index is 0.00000107. The molecule has 0 atom stereocenters. The van der Waals surface area contributed by atoms with Gasteiger partial charge < -0.3 is 51.0 Å². The highest BCUT2D eigenvalue weighted by atomic mass is 35.5. The fourth-order valence-corrected chi connectivity index (χ4v) is 6.36. The Morgan fingerprint density at radius 2 is 1.55 bits per heavy atom. The van der Waals surface area contributed by atoms with E-state index in [1.807, 2.05) is 31.2 Å². The molecule has 0 spiro atoms. The summed E-state index contributed by atoms with van der Waals surface area (Å²) in [6, 6.07) is 17.2. The Labute approximate surface area is 330 Å². The van der Waals surface area contributed by atoms with Crippen molar-refractivity contribution in [1.29, 1.82) is 0 Å². The van der Waals surface area contributed by atoms with Crippen LogP contribution in [0.25, 0.3) is 11.1 Å². The van der Waals surface area contributed by atoms with Crippen molar-refractivity contribution in [3.63, 3.8) is 0 Å². The molecule has 8 N–H and O–H groups in total. The van der Waals surface area contributed by atoms with Crippen molar-refractivity contribution >= 4 is 29.4 Å². The minimum atomic E-state index is -1.62. The van der Waals surface area contributed by atoms with E-state index in [1.54, 1.807) is 24.4 Å². The van der Waals surface area contributed by atoms with Gasteiger partial charge in [-0.1, -0.05) is 41.9 Å². The van der Waals surface area contributed by atoms with Crippen molar-refractivity contribution in [2.75, 3.05) is 32.8 Å². The summed E-state index contributed by atoms with van der Waals surface area (Å²) in [4.78, 5) is 38.5. The smallest absolute Gasteiger partial charge is 0.335 e. The van der Waals surface area contributed by atoms with E-state index >= 15 is 0 Å². The number of benzene rings is 3. The van der Waals surface area contributed by atoms with Crippen LogP contribution in [-0.2, 0) is 29.3 Å². The van der Waals surface area contributed by atoms with E-state index in [4.69, 9.17) is 47.5 Å². The number of aliphatic hydroxyl groups excluding tert-OH is 1. The fraction of sp³-hybridized carbons (Fsp3) is 0.366. The number of aliphatic carboxylic acids is 2. The van der Waals surface area contributed by atoms with Crippen LogP contribution in [0.15, 0.2) is 67.0 Å². The quantitative estimate of drug-likeness (QED) is 0.0786. The monoisotopic (exact) mass is 792 g/mol. The molecule has 1 aliphatic rings. The van der Waals surface area contributed by atoms with Crippen LogP contribution in [0, 0.1) is 13.8 Å². The molecule has 1 aliphatic heterocycles. The lowest BCUT2D eigenvalue weighted by molar-refractivity contribution is -0.163. The Hall–Kier alpha value is -5.25. The van der Waals surface area contributed by atoms with Crippen LogP contribution >= 0.6 is 11.6 Å². The van der Waals surface area contributed by atoms with Crippen LogP contribution in [0.3, 0.4) is 0 Å². The highest BCUT2D eigenvalue weighted by molar-refractivity contribution is 6.32. The molecular weight excluding hydrogens is 744 g/mol. The summed E-state index contributed by atoms with van der Waals surface area (Å²) >= 11 is 6.60. The lowest BCUT2D eigenvalue weighted by Gasteiger charge is -2.35. The van der Waals surface area contributed by atoms with E-state index in [9.17, 15) is 24.6 Å². The number of rotatable bonds is 17. The maximum atomic E-state index is 11.5. The van der Waals surface area contributed by atoms with E-state index in [-0.39, 0.29) is 45.6 Å². The SMILES string of the molecule is Cc1c(COc2cc(OCc3cncc(C(N)=O)c3)c(CN)cc2Cl)cccc1-c1cccc(OCCCN2CCC(O)(C(=O)O)CC2)c1C.O=C(O)CCO. The number of carboxylic acid groups (broad SMARTS) is 2. The highest BCUT2D eigenvalue weighted by Crippen LogP contribution is 2.36. The molecule has 0 radical (unpaired) electrons. The number of nitrogens with two attached hydrogens (primary N) is 2. The van der Waals surface area contributed by atoms with E-state index < -0.39 is 23.4 Å². The van der Waals surface area contributed by atoms with Gasteiger partial charge in [0.15, 0.2) is 5.60 Å². The maximum Gasteiger partial charge on any atom is 0.335 e. The van der Waals surface area contributed by atoms with Crippen LogP contribution < -0.4 is 25.7 Å². The predicted molar refractivity (Wildman–Crippen MR) is 210 cm³/mol. The van der Waals surface area contributed by atoms with Crippen LogP contribution in [0.2, 0.25) is 5.02 Å². The number of carbonyl (C=O) groups excluding carboxylic acids is 1. The number of carboxylic acids is 2.